The number of hydrogen-bond acceptors (Lipinski definition) is 4. The number of aryl methyl sites for hydroxylation is 1. The van der Waals surface area contributed by atoms with Crippen molar-refractivity contribution in [2.24, 2.45) is 7.05 Å². The Bertz CT molecular complexity index is 803. The molecule has 1 saturated heterocycles. The van der Waals surface area contributed by atoms with Crippen LogP contribution in [0.1, 0.15) is 31.9 Å². The van der Waals surface area contributed by atoms with Gasteiger partial charge in [0.25, 0.3) is 10.0 Å². The van der Waals surface area contributed by atoms with Crippen molar-refractivity contribution < 1.29 is 8.42 Å². The van der Waals surface area contributed by atoms with Crippen molar-refractivity contribution in [2.45, 2.75) is 37.4 Å². The molecule has 0 amide bonds. The first-order chi connectivity index (χ1) is 11.9. The van der Waals surface area contributed by atoms with Gasteiger partial charge in [-0.25, -0.2) is 13.4 Å². The van der Waals surface area contributed by atoms with E-state index < -0.39 is 10.0 Å². The smallest absolute Gasteiger partial charge is 0.262 e. The highest BCUT2D eigenvalue weighted by Gasteiger charge is 2.37. The summed E-state index contributed by atoms with van der Waals surface area (Å²) in [6.45, 7) is 6.17. The van der Waals surface area contributed by atoms with Gasteiger partial charge in [0.05, 0.1) is 6.33 Å². The van der Waals surface area contributed by atoms with Crippen molar-refractivity contribution in [3.63, 3.8) is 0 Å². The van der Waals surface area contributed by atoms with Crippen LogP contribution >= 0.6 is 0 Å². The van der Waals surface area contributed by atoms with E-state index in [1.165, 1.54) is 11.9 Å². The van der Waals surface area contributed by atoms with Crippen LogP contribution < -0.4 is 0 Å². The maximum absolute atomic E-state index is 12.9. The van der Waals surface area contributed by atoms with Gasteiger partial charge in [0, 0.05) is 45.0 Å². The fourth-order valence-electron chi connectivity index (χ4n) is 3.56. The third-order valence-electron chi connectivity index (χ3n) is 5.00. The molecule has 136 valence electrons. The SMILES string of the molecule is CCN([C@H]1CCN([C@H](C)c2ccccc2)C1)S(=O)(=O)c1cn(C)cn1. The third-order valence-corrected chi connectivity index (χ3v) is 6.91. The van der Waals surface area contributed by atoms with Crippen molar-refractivity contribution in [1.82, 2.24) is 18.8 Å². The van der Waals surface area contributed by atoms with Crippen LogP contribution in [0.25, 0.3) is 0 Å². The van der Waals surface area contributed by atoms with Crippen LogP contribution in [0.4, 0.5) is 0 Å². The van der Waals surface area contributed by atoms with Crippen molar-refractivity contribution in [3.8, 4) is 0 Å². The van der Waals surface area contributed by atoms with Crippen LogP contribution in [-0.2, 0) is 17.1 Å². The van der Waals surface area contributed by atoms with Crippen molar-refractivity contribution >= 4 is 10.0 Å². The van der Waals surface area contributed by atoms with Gasteiger partial charge in [0.15, 0.2) is 5.03 Å². The summed E-state index contributed by atoms with van der Waals surface area (Å²) in [6.07, 6.45) is 3.94. The zero-order chi connectivity index (χ0) is 18.0. The van der Waals surface area contributed by atoms with Gasteiger partial charge in [-0.2, -0.15) is 4.31 Å². The lowest BCUT2D eigenvalue weighted by molar-refractivity contribution is 0.239. The monoisotopic (exact) mass is 362 g/mol. The second-order valence-corrected chi connectivity index (χ2v) is 8.45. The minimum atomic E-state index is -3.55. The molecule has 0 bridgehead atoms. The molecule has 2 aromatic rings. The van der Waals surface area contributed by atoms with E-state index in [0.29, 0.717) is 6.54 Å². The molecule has 0 N–H and O–H groups in total. The minimum Gasteiger partial charge on any atom is -0.339 e. The molecule has 0 radical (unpaired) electrons. The molecule has 0 aliphatic carbocycles. The number of rotatable bonds is 6. The third kappa shape index (κ3) is 3.63. The van der Waals surface area contributed by atoms with E-state index in [4.69, 9.17) is 0 Å². The number of imidazole rings is 1. The van der Waals surface area contributed by atoms with Gasteiger partial charge in [-0.05, 0) is 18.9 Å². The maximum Gasteiger partial charge on any atom is 0.262 e. The first kappa shape index (κ1) is 18.1. The van der Waals surface area contributed by atoms with E-state index in [1.54, 1.807) is 22.1 Å². The predicted octanol–water partition coefficient (Wildman–Crippen LogP) is 2.27. The molecule has 0 unspecified atom stereocenters. The average Bonchev–Trinajstić information content (AvgIpc) is 3.25. The van der Waals surface area contributed by atoms with Gasteiger partial charge in [0.1, 0.15) is 0 Å². The van der Waals surface area contributed by atoms with Crippen LogP contribution in [0.5, 0.6) is 0 Å². The second kappa shape index (κ2) is 7.27. The van der Waals surface area contributed by atoms with Gasteiger partial charge in [0.2, 0.25) is 0 Å². The summed E-state index contributed by atoms with van der Waals surface area (Å²) in [4.78, 5) is 6.41. The first-order valence-corrected chi connectivity index (χ1v) is 10.2. The van der Waals surface area contributed by atoms with Gasteiger partial charge >= 0.3 is 0 Å². The molecule has 2 atom stereocenters. The number of hydrogen-bond donors (Lipinski definition) is 0. The summed E-state index contributed by atoms with van der Waals surface area (Å²) in [5.74, 6) is 0. The van der Waals surface area contributed by atoms with Crippen molar-refractivity contribution in [2.75, 3.05) is 19.6 Å². The average molecular weight is 362 g/mol. The van der Waals surface area contributed by atoms with Crippen molar-refractivity contribution in [3.05, 3.63) is 48.4 Å². The van der Waals surface area contributed by atoms with Crippen LogP contribution in [0.15, 0.2) is 47.9 Å². The Morgan fingerprint density at radius 2 is 2.04 bits per heavy atom. The van der Waals surface area contributed by atoms with Crippen LogP contribution in [0, 0.1) is 0 Å². The van der Waals surface area contributed by atoms with Crippen LogP contribution in [0.2, 0.25) is 0 Å². The summed E-state index contributed by atoms with van der Waals surface area (Å²) >= 11 is 0. The van der Waals surface area contributed by atoms with E-state index >= 15 is 0 Å². The predicted molar refractivity (Wildman–Crippen MR) is 97.6 cm³/mol. The Balaban J connectivity index is 1.75. The van der Waals surface area contributed by atoms with E-state index in [-0.39, 0.29) is 17.1 Å². The molecule has 7 heteroatoms. The van der Waals surface area contributed by atoms with Gasteiger partial charge in [-0.15, -0.1) is 0 Å². The minimum absolute atomic E-state index is 0.0110. The summed E-state index contributed by atoms with van der Waals surface area (Å²) < 4.78 is 29.2. The molecule has 1 aromatic heterocycles. The molecule has 25 heavy (non-hydrogen) atoms. The Morgan fingerprint density at radius 3 is 2.64 bits per heavy atom. The first-order valence-electron chi connectivity index (χ1n) is 8.72. The molecule has 1 aliphatic rings. The number of sulfonamides is 1. The highest BCUT2D eigenvalue weighted by Crippen LogP contribution is 2.28. The maximum atomic E-state index is 12.9. The van der Waals surface area contributed by atoms with E-state index in [9.17, 15) is 8.42 Å². The van der Waals surface area contributed by atoms with Crippen LogP contribution in [-0.4, -0.2) is 52.9 Å². The molecule has 0 spiro atoms. The van der Waals surface area contributed by atoms with Gasteiger partial charge in [-0.1, -0.05) is 37.3 Å². The Labute approximate surface area is 150 Å². The Hall–Kier alpha value is -1.70. The van der Waals surface area contributed by atoms with Crippen LogP contribution in [0.3, 0.4) is 0 Å². The molecule has 0 saturated carbocycles. The summed E-state index contributed by atoms with van der Waals surface area (Å²) in [7, 11) is -1.77. The summed E-state index contributed by atoms with van der Waals surface area (Å²) in [5, 5.41) is 0.131. The Morgan fingerprint density at radius 1 is 1.32 bits per heavy atom. The van der Waals surface area contributed by atoms with E-state index in [0.717, 1.165) is 19.5 Å². The van der Waals surface area contributed by atoms with Gasteiger partial charge in [-0.3, -0.25) is 4.90 Å². The lowest BCUT2D eigenvalue weighted by atomic mass is 10.1. The second-order valence-electron chi connectivity index (χ2n) is 6.61. The van der Waals surface area contributed by atoms with E-state index in [2.05, 4.69) is 28.9 Å². The lowest BCUT2D eigenvalue weighted by Crippen LogP contribution is -2.42. The fourth-order valence-corrected chi connectivity index (χ4v) is 5.19. The molecule has 6 nitrogen and oxygen atoms in total. The molecule has 1 fully saturated rings. The number of benzene rings is 1. The molecule has 1 aromatic carbocycles. The number of aromatic nitrogens is 2. The highest BCUT2D eigenvalue weighted by atomic mass is 32.2. The molecule has 1 aliphatic heterocycles. The zero-order valence-corrected chi connectivity index (χ0v) is 15.9. The fraction of sp³-hybridized carbons (Fsp3) is 0.500. The number of nitrogens with zero attached hydrogens (tertiary/aromatic N) is 4. The quantitative estimate of drug-likeness (QED) is 0.791. The molecular weight excluding hydrogens is 336 g/mol. The number of likely N-dealkylation sites (N-methyl/N-ethyl adjacent to an activating group) is 1. The largest absolute Gasteiger partial charge is 0.339 e. The molecule has 2 heterocycles. The zero-order valence-electron chi connectivity index (χ0n) is 15.0. The highest BCUT2D eigenvalue weighted by molar-refractivity contribution is 7.89. The topological polar surface area (TPSA) is 58.4 Å². The summed E-state index contributed by atoms with van der Waals surface area (Å²) in [5.41, 5.74) is 1.26. The lowest BCUT2D eigenvalue weighted by Gasteiger charge is -2.28. The molecule has 3 rings (SSSR count). The summed E-state index contributed by atoms with van der Waals surface area (Å²) in [6, 6.07) is 10.6. The van der Waals surface area contributed by atoms with Crippen molar-refractivity contribution in [1.29, 1.82) is 0 Å². The number of likely N-dealkylation sites (tertiary alicyclic amines) is 1. The molecular formula is C18H26N4O2S. The standard InChI is InChI=1S/C18H26N4O2S/c1-4-22(25(23,24)18-13-20(3)14-19-18)17-10-11-21(12-17)15(2)16-8-6-5-7-9-16/h5-9,13-15,17H,4,10-12H2,1-3H3/t15-,17+/m1/s1. The Kier molecular flexibility index (Phi) is 5.27. The van der Waals surface area contributed by atoms with E-state index in [1.807, 2.05) is 25.1 Å². The van der Waals surface area contributed by atoms with Gasteiger partial charge < -0.3 is 4.57 Å². The normalized spacial score (nSPS) is 20.2.